The van der Waals surface area contributed by atoms with Gasteiger partial charge in [0.05, 0.1) is 11.8 Å². The number of anilines is 1. The third-order valence-corrected chi connectivity index (χ3v) is 3.80. The van der Waals surface area contributed by atoms with E-state index in [9.17, 15) is 4.79 Å². The minimum Gasteiger partial charge on any atom is -0.384 e. The van der Waals surface area contributed by atoms with Crippen molar-refractivity contribution in [2.75, 3.05) is 5.73 Å². The fourth-order valence-electron chi connectivity index (χ4n) is 1.40. The number of hydrogen-bond donors (Lipinski definition) is 3. The summed E-state index contributed by atoms with van der Waals surface area (Å²) in [6, 6.07) is 5.56. The van der Waals surface area contributed by atoms with Crippen molar-refractivity contribution in [2.24, 2.45) is 0 Å². The number of nitrogens with two attached hydrogens (primary N) is 1. The molecule has 0 unspecified atom stereocenters. The monoisotopic (exact) mass is 420 g/mol. The Kier molecular flexibility index (Phi) is 4.23. The first-order chi connectivity index (χ1) is 8.58. The molecule has 0 spiro atoms. The van der Waals surface area contributed by atoms with Crippen molar-refractivity contribution in [2.45, 2.75) is 6.54 Å². The number of nitrogen functional groups attached to an aromatic ring is 1. The first-order valence-corrected chi connectivity index (χ1v) is 6.96. The van der Waals surface area contributed by atoms with Crippen molar-refractivity contribution in [1.82, 2.24) is 15.5 Å². The summed E-state index contributed by atoms with van der Waals surface area (Å²) in [7, 11) is 0. The van der Waals surface area contributed by atoms with Crippen LogP contribution in [-0.2, 0) is 6.54 Å². The summed E-state index contributed by atoms with van der Waals surface area (Å²) in [6.07, 6.45) is 1.60. The predicted molar refractivity (Wildman–Crippen MR) is 81.0 cm³/mol. The van der Waals surface area contributed by atoms with Crippen LogP contribution < -0.4 is 11.1 Å². The lowest BCUT2D eigenvalue weighted by molar-refractivity contribution is 0.0950. The second kappa shape index (κ2) is 5.70. The van der Waals surface area contributed by atoms with E-state index in [0.717, 1.165) is 13.6 Å². The van der Waals surface area contributed by atoms with Gasteiger partial charge in [-0.3, -0.25) is 9.89 Å². The number of rotatable bonds is 3. The molecule has 94 valence electrons. The molecule has 1 aromatic carbocycles. The summed E-state index contributed by atoms with van der Waals surface area (Å²) in [5.41, 5.74) is 7.04. The van der Waals surface area contributed by atoms with E-state index >= 15 is 0 Å². The molecule has 4 N–H and O–H groups in total. The Bertz CT molecular complexity index is 584. The Hall–Kier alpha value is -1.09. The third kappa shape index (κ3) is 3.02. The predicted octanol–water partition coefficient (Wildman–Crippen LogP) is 2.29. The summed E-state index contributed by atoms with van der Waals surface area (Å²) >= 11 is 5.47. The Morgan fingerprint density at radius 3 is 3.00 bits per heavy atom. The average molecular weight is 421 g/mol. The van der Waals surface area contributed by atoms with Crippen LogP contribution in [0.5, 0.6) is 0 Å². The average Bonchev–Trinajstić information content (AvgIpc) is 2.75. The number of nitrogens with one attached hydrogen (secondary N) is 2. The summed E-state index contributed by atoms with van der Waals surface area (Å²) in [5.74, 6) is 0.334. The Morgan fingerprint density at radius 2 is 2.33 bits per heavy atom. The molecule has 1 heterocycles. The van der Waals surface area contributed by atoms with E-state index < -0.39 is 0 Å². The van der Waals surface area contributed by atoms with Gasteiger partial charge in [-0.05, 0) is 40.8 Å². The summed E-state index contributed by atoms with van der Waals surface area (Å²) in [6.45, 7) is 0.351. The summed E-state index contributed by atoms with van der Waals surface area (Å²) < 4.78 is 1.77. The highest BCUT2D eigenvalue weighted by Gasteiger charge is 2.11. The van der Waals surface area contributed by atoms with E-state index in [-0.39, 0.29) is 5.91 Å². The Morgan fingerprint density at radius 1 is 1.56 bits per heavy atom. The van der Waals surface area contributed by atoms with E-state index in [0.29, 0.717) is 17.9 Å². The molecule has 0 saturated heterocycles. The molecule has 0 aliphatic heterocycles. The molecule has 2 rings (SSSR count). The lowest BCUT2D eigenvalue weighted by Crippen LogP contribution is -2.23. The van der Waals surface area contributed by atoms with Crippen molar-refractivity contribution in [1.29, 1.82) is 0 Å². The largest absolute Gasteiger partial charge is 0.384 e. The van der Waals surface area contributed by atoms with Crippen LogP contribution >= 0.6 is 38.5 Å². The van der Waals surface area contributed by atoms with Gasteiger partial charge in [0.1, 0.15) is 5.82 Å². The van der Waals surface area contributed by atoms with Crippen LogP contribution in [0.1, 0.15) is 15.9 Å². The highest BCUT2D eigenvalue weighted by Crippen LogP contribution is 2.18. The minimum absolute atomic E-state index is 0.138. The highest BCUT2D eigenvalue weighted by atomic mass is 127. The van der Waals surface area contributed by atoms with Crippen LogP contribution in [0.25, 0.3) is 0 Å². The van der Waals surface area contributed by atoms with Crippen LogP contribution in [0.3, 0.4) is 0 Å². The number of hydrogen-bond acceptors (Lipinski definition) is 3. The molecule has 0 fully saturated rings. The van der Waals surface area contributed by atoms with Crippen LogP contribution in [0.4, 0.5) is 5.82 Å². The number of aromatic amines is 1. The third-order valence-electron chi connectivity index (χ3n) is 2.36. The zero-order valence-corrected chi connectivity index (χ0v) is 12.9. The van der Waals surface area contributed by atoms with E-state index in [4.69, 9.17) is 5.73 Å². The minimum atomic E-state index is -0.138. The molecule has 0 atom stereocenters. The second-order valence-corrected chi connectivity index (χ2v) is 5.69. The van der Waals surface area contributed by atoms with Crippen molar-refractivity contribution in [3.8, 4) is 0 Å². The first kappa shape index (κ1) is 13.3. The fraction of sp³-hybridized carbons (Fsp3) is 0.0909. The zero-order valence-electron chi connectivity index (χ0n) is 9.21. The van der Waals surface area contributed by atoms with Crippen LogP contribution in [-0.4, -0.2) is 16.1 Å². The van der Waals surface area contributed by atoms with E-state index in [1.165, 1.54) is 0 Å². The van der Waals surface area contributed by atoms with Crippen molar-refractivity contribution >= 4 is 50.2 Å². The van der Waals surface area contributed by atoms with Gasteiger partial charge in [0.25, 0.3) is 5.91 Å². The van der Waals surface area contributed by atoms with Crippen LogP contribution in [0.2, 0.25) is 0 Å². The fourth-order valence-corrected chi connectivity index (χ4v) is 2.35. The lowest BCUT2D eigenvalue weighted by atomic mass is 10.2. The van der Waals surface area contributed by atoms with Gasteiger partial charge in [0, 0.05) is 20.2 Å². The van der Waals surface area contributed by atoms with Gasteiger partial charge in [-0.15, -0.1) is 0 Å². The van der Waals surface area contributed by atoms with Gasteiger partial charge in [0.2, 0.25) is 0 Å². The number of carbonyl (C=O) groups excluding carboxylic acids is 1. The van der Waals surface area contributed by atoms with Gasteiger partial charge >= 0.3 is 0 Å². The zero-order chi connectivity index (χ0) is 13.1. The number of nitrogens with zero attached hydrogens (tertiary/aromatic N) is 1. The molecule has 1 aromatic heterocycles. The topological polar surface area (TPSA) is 83.8 Å². The molecule has 7 heteroatoms. The molecule has 18 heavy (non-hydrogen) atoms. The lowest BCUT2D eigenvalue weighted by Gasteiger charge is -2.06. The van der Waals surface area contributed by atoms with Gasteiger partial charge in [-0.2, -0.15) is 5.10 Å². The maximum absolute atomic E-state index is 12.0. The summed E-state index contributed by atoms with van der Waals surface area (Å²) in [4.78, 5) is 12.0. The maximum atomic E-state index is 12.0. The quantitative estimate of drug-likeness (QED) is 0.666. The Balaban J connectivity index is 2.08. The molecule has 0 saturated carbocycles. The normalized spacial score (nSPS) is 10.3. The SMILES string of the molecule is Nc1[nH]ncc1CNC(=O)c1cc(Br)ccc1I. The van der Waals surface area contributed by atoms with E-state index in [2.05, 4.69) is 54.0 Å². The number of halogens is 2. The highest BCUT2D eigenvalue weighted by molar-refractivity contribution is 14.1. The van der Waals surface area contributed by atoms with E-state index in [1.54, 1.807) is 12.3 Å². The number of carbonyl (C=O) groups is 1. The number of benzene rings is 1. The molecule has 2 aromatic rings. The first-order valence-electron chi connectivity index (χ1n) is 5.09. The van der Waals surface area contributed by atoms with Crippen molar-refractivity contribution in [3.05, 3.63) is 43.6 Å². The molecule has 0 bridgehead atoms. The summed E-state index contributed by atoms with van der Waals surface area (Å²) in [5, 5.41) is 9.22. The molecule has 0 aliphatic carbocycles. The van der Waals surface area contributed by atoms with Crippen molar-refractivity contribution in [3.63, 3.8) is 0 Å². The molecule has 5 nitrogen and oxygen atoms in total. The molecular formula is C11H10BrIN4O. The van der Waals surface area contributed by atoms with Gasteiger partial charge in [-0.25, -0.2) is 0 Å². The maximum Gasteiger partial charge on any atom is 0.252 e. The number of H-pyrrole nitrogens is 1. The standard InChI is InChI=1S/C11H10BrIN4O/c12-7-1-2-9(13)8(3-7)11(18)15-4-6-5-16-17-10(6)14/h1-3,5H,4H2,(H,15,18)(H3,14,16,17). The molecule has 1 amide bonds. The number of amides is 1. The van der Waals surface area contributed by atoms with Gasteiger partial charge in [0.15, 0.2) is 0 Å². The van der Waals surface area contributed by atoms with Gasteiger partial charge < -0.3 is 11.1 Å². The van der Waals surface area contributed by atoms with Crippen LogP contribution in [0.15, 0.2) is 28.9 Å². The smallest absolute Gasteiger partial charge is 0.252 e. The molecular weight excluding hydrogens is 411 g/mol. The van der Waals surface area contributed by atoms with Gasteiger partial charge in [-0.1, -0.05) is 15.9 Å². The van der Waals surface area contributed by atoms with Crippen LogP contribution in [0, 0.1) is 3.57 Å². The second-order valence-electron chi connectivity index (χ2n) is 3.62. The van der Waals surface area contributed by atoms with Crippen molar-refractivity contribution < 1.29 is 4.79 Å². The van der Waals surface area contributed by atoms with E-state index in [1.807, 2.05) is 12.1 Å². The number of aromatic nitrogens is 2. The molecule has 0 radical (unpaired) electrons. The Labute approximate surface area is 126 Å². The molecule has 0 aliphatic rings.